The summed E-state index contributed by atoms with van der Waals surface area (Å²) in [6, 6.07) is 12.4. The van der Waals surface area contributed by atoms with Crippen molar-refractivity contribution in [3.63, 3.8) is 0 Å². The first kappa shape index (κ1) is 16.5. The summed E-state index contributed by atoms with van der Waals surface area (Å²) in [5, 5.41) is 18.0. The molecule has 0 saturated heterocycles. The van der Waals surface area contributed by atoms with Gasteiger partial charge in [0.05, 0.1) is 16.1 Å². The number of anilines is 1. The third kappa shape index (κ3) is 3.67. The van der Waals surface area contributed by atoms with Crippen molar-refractivity contribution in [1.82, 2.24) is 0 Å². The molecule has 0 saturated carbocycles. The van der Waals surface area contributed by atoms with Crippen LogP contribution in [0.3, 0.4) is 0 Å². The largest absolute Gasteiger partial charge is 0.480 e. The molecular formula is C15H13NO6S. The predicted octanol–water partition coefficient (Wildman–Crippen LogP) is 1.66. The van der Waals surface area contributed by atoms with Crippen LogP contribution in [0.25, 0.3) is 0 Å². The molecule has 0 aromatic heterocycles. The lowest BCUT2D eigenvalue weighted by molar-refractivity contribution is -0.135. The Bertz CT molecular complexity index is 832. The molecule has 0 atom stereocenters. The second-order valence-corrected chi connectivity index (χ2v) is 6.44. The van der Waals surface area contributed by atoms with Crippen molar-refractivity contribution in [3.8, 4) is 0 Å². The highest BCUT2D eigenvalue weighted by Crippen LogP contribution is 2.24. The third-order valence-electron chi connectivity index (χ3n) is 2.99. The molecule has 23 heavy (non-hydrogen) atoms. The Labute approximate surface area is 132 Å². The molecule has 0 bridgehead atoms. The molecule has 0 amide bonds. The topological polar surface area (TPSA) is 112 Å². The normalized spacial score (nSPS) is 11.0. The Morgan fingerprint density at radius 2 is 1.61 bits per heavy atom. The van der Waals surface area contributed by atoms with Crippen LogP contribution < -0.4 is 4.31 Å². The van der Waals surface area contributed by atoms with Crippen molar-refractivity contribution in [2.75, 3.05) is 10.8 Å². The van der Waals surface area contributed by atoms with Gasteiger partial charge in [-0.25, -0.2) is 13.2 Å². The lowest BCUT2D eigenvalue weighted by Gasteiger charge is -2.23. The van der Waals surface area contributed by atoms with Crippen molar-refractivity contribution < 1.29 is 28.2 Å². The first-order chi connectivity index (χ1) is 10.8. The maximum absolute atomic E-state index is 12.7. The molecule has 2 rings (SSSR count). The van der Waals surface area contributed by atoms with Gasteiger partial charge in [-0.2, -0.15) is 0 Å². The number of aromatic carboxylic acids is 1. The molecule has 120 valence electrons. The first-order valence-corrected chi connectivity index (χ1v) is 7.89. The molecule has 2 aromatic carbocycles. The maximum atomic E-state index is 12.7. The molecule has 0 heterocycles. The molecule has 7 nitrogen and oxygen atoms in total. The number of carboxylic acid groups (broad SMARTS) is 2. The van der Waals surface area contributed by atoms with Gasteiger partial charge in [-0.1, -0.05) is 24.3 Å². The fraction of sp³-hybridized carbons (Fsp3) is 0.0667. The van der Waals surface area contributed by atoms with Gasteiger partial charge in [0.2, 0.25) is 0 Å². The number of rotatable bonds is 6. The summed E-state index contributed by atoms with van der Waals surface area (Å²) in [5.74, 6) is -2.59. The average molecular weight is 335 g/mol. The number of hydrogen-bond donors (Lipinski definition) is 2. The van der Waals surface area contributed by atoms with E-state index in [1.54, 1.807) is 6.07 Å². The summed E-state index contributed by atoms with van der Waals surface area (Å²) in [6.45, 7) is -0.819. The van der Waals surface area contributed by atoms with Crippen LogP contribution in [-0.2, 0) is 14.8 Å². The number of aliphatic carboxylic acids is 1. The molecule has 0 aliphatic heterocycles. The molecule has 0 aliphatic rings. The van der Waals surface area contributed by atoms with Crippen molar-refractivity contribution in [2.24, 2.45) is 0 Å². The van der Waals surface area contributed by atoms with Crippen molar-refractivity contribution >= 4 is 27.6 Å². The molecular weight excluding hydrogens is 322 g/mol. The van der Waals surface area contributed by atoms with Gasteiger partial charge in [-0.3, -0.25) is 9.10 Å². The molecule has 0 aliphatic carbocycles. The Morgan fingerprint density at radius 3 is 2.17 bits per heavy atom. The molecule has 0 radical (unpaired) electrons. The van der Waals surface area contributed by atoms with E-state index in [0.29, 0.717) is 4.31 Å². The molecule has 8 heteroatoms. The Morgan fingerprint density at radius 1 is 0.957 bits per heavy atom. The van der Waals surface area contributed by atoms with E-state index in [0.717, 1.165) is 6.07 Å². The van der Waals surface area contributed by atoms with Gasteiger partial charge in [-0.15, -0.1) is 0 Å². The van der Waals surface area contributed by atoms with Crippen molar-refractivity contribution in [2.45, 2.75) is 4.90 Å². The van der Waals surface area contributed by atoms with Gasteiger partial charge < -0.3 is 10.2 Å². The van der Waals surface area contributed by atoms with Crippen molar-refractivity contribution in [3.05, 3.63) is 60.2 Å². The molecule has 0 spiro atoms. The standard InChI is InChI=1S/C15H13NO6S/c17-14(18)10-16(12-6-4-5-11(9-12)15(19)20)23(21,22)13-7-2-1-3-8-13/h1-9H,10H2,(H,17,18)(H,19,20). The molecule has 0 unspecified atom stereocenters. The van der Waals surface area contributed by atoms with Crippen LogP contribution in [0.2, 0.25) is 0 Å². The lowest BCUT2D eigenvalue weighted by atomic mass is 10.2. The van der Waals surface area contributed by atoms with Gasteiger partial charge in [0, 0.05) is 0 Å². The summed E-state index contributed by atoms with van der Waals surface area (Å²) in [5.41, 5.74) is -0.169. The van der Waals surface area contributed by atoms with E-state index < -0.39 is 28.5 Å². The summed E-state index contributed by atoms with van der Waals surface area (Å²) < 4.78 is 26.0. The van der Waals surface area contributed by atoms with Crippen LogP contribution in [0, 0.1) is 0 Å². The summed E-state index contributed by atoms with van der Waals surface area (Å²) in [4.78, 5) is 22.0. The van der Waals surface area contributed by atoms with Crippen LogP contribution >= 0.6 is 0 Å². The Balaban J connectivity index is 2.56. The van der Waals surface area contributed by atoms with Gasteiger partial charge in [-0.05, 0) is 30.3 Å². The Kier molecular flexibility index (Phi) is 4.65. The van der Waals surface area contributed by atoms with E-state index >= 15 is 0 Å². The van der Waals surface area contributed by atoms with Crippen molar-refractivity contribution in [1.29, 1.82) is 0 Å². The van der Waals surface area contributed by atoms with Crippen LogP contribution in [0.5, 0.6) is 0 Å². The number of carbonyl (C=O) groups is 2. The zero-order valence-corrected chi connectivity index (χ0v) is 12.6. The fourth-order valence-corrected chi connectivity index (χ4v) is 3.38. The summed E-state index contributed by atoms with van der Waals surface area (Å²) in [7, 11) is -4.13. The SMILES string of the molecule is O=C(O)CN(c1cccc(C(=O)O)c1)S(=O)(=O)c1ccccc1. The minimum absolute atomic E-state index is 0.0313. The van der Waals surface area contributed by atoms with E-state index in [2.05, 4.69) is 0 Å². The number of nitrogens with zero attached hydrogens (tertiary/aromatic N) is 1. The van der Waals surface area contributed by atoms with Gasteiger partial charge >= 0.3 is 11.9 Å². The van der Waals surface area contributed by atoms with E-state index in [4.69, 9.17) is 10.2 Å². The second kappa shape index (κ2) is 6.49. The van der Waals surface area contributed by atoms with E-state index in [-0.39, 0.29) is 16.1 Å². The quantitative estimate of drug-likeness (QED) is 0.830. The second-order valence-electron chi connectivity index (χ2n) is 4.57. The molecule has 2 N–H and O–H groups in total. The first-order valence-electron chi connectivity index (χ1n) is 6.45. The highest BCUT2D eigenvalue weighted by molar-refractivity contribution is 7.92. The lowest BCUT2D eigenvalue weighted by Crippen LogP contribution is -2.35. The van der Waals surface area contributed by atoms with Crippen LogP contribution in [0.1, 0.15) is 10.4 Å². The Hall–Kier alpha value is -2.87. The van der Waals surface area contributed by atoms with Gasteiger partial charge in [0.1, 0.15) is 6.54 Å². The monoisotopic (exact) mass is 335 g/mol. The average Bonchev–Trinajstić information content (AvgIpc) is 2.53. The van der Waals surface area contributed by atoms with E-state index in [1.807, 2.05) is 0 Å². The number of sulfonamides is 1. The smallest absolute Gasteiger partial charge is 0.335 e. The maximum Gasteiger partial charge on any atom is 0.335 e. The predicted molar refractivity (Wildman–Crippen MR) is 82.0 cm³/mol. The zero-order chi connectivity index (χ0) is 17.0. The minimum atomic E-state index is -4.13. The highest BCUT2D eigenvalue weighted by atomic mass is 32.2. The summed E-state index contributed by atoms with van der Waals surface area (Å²) in [6.07, 6.45) is 0. The number of carboxylic acids is 2. The van der Waals surface area contributed by atoms with Crippen LogP contribution in [0.4, 0.5) is 5.69 Å². The van der Waals surface area contributed by atoms with Crippen LogP contribution in [0.15, 0.2) is 59.5 Å². The van der Waals surface area contributed by atoms with Gasteiger partial charge in [0.25, 0.3) is 10.0 Å². The molecule has 0 fully saturated rings. The molecule has 2 aromatic rings. The van der Waals surface area contributed by atoms with Gasteiger partial charge in [0.15, 0.2) is 0 Å². The van der Waals surface area contributed by atoms with E-state index in [9.17, 15) is 18.0 Å². The number of hydrogen-bond acceptors (Lipinski definition) is 4. The highest BCUT2D eigenvalue weighted by Gasteiger charge is 2.27. The zero-order valence-electron chi connectivity index (χ0n) is 11.8. The van der Waals surface area contributed by atoms with E-state index in [1.165, 1.54) is 42.5 Å². The van der Waals surface area contributed by atoms with Crippen LogP contribution in [-0.4, -0.2) is 37.1 Å². The third-order valence-corrected chi connectivity index (χ3v) is 4.78. The summed E-state index contributed by atoms with van der Waals surface area (Å²) >= 11 is 0. The number of benzene rings is 2. The minimum Gasteiger partial charge on any atom is -0.480 e. The fourth-order valence-electron chi connectivity index (χ4n) is 1.95.